The lowest BCUT2D eigenvalue weighted by atomic mass is 9.45. The molecule has 4 fully saturated rings. The van der Waals surface area contributed by atoms with Crippen LogP contribution < -0.4 is 0 Å². The Labute approximate surface area is 189 Å². The van der Waals surface area contributed by atoms with E-state index in [2.05, 4.69) is 0 Å². The van der Waals surface area contributed by atoms with Crippen molar-refractivity contribution in [2.45, 2.75) is 57.0 Å². The van der Waals surface area contributed by atoms with Gasteiger partial charge < -0.3 is 20.1 Å². The molecule has 1 atom stereocenters. The maximum Gasteiger partial charge on any atom is 0.323 e. The van der Waals surface area contributed by atoms with Crippen LogP contribution in [0.2, 0.25) is 0 Å². The minimum atomic E-state index is -1.44. The average molecular weight is 437 g/mol. The fraction of sp³-hybridized carbons (Fsp3) is 0.519. The normalized spacial score (nSPS) is 29.6. The average Bonchev–Trinajstić information content (AvgIpc) is 2.76. The van der Waals surface area contributed by atoms with Crippen molar-refractivity contribution in [3.8, 4) is 11.5 Å². The van der Waals surface area contributed by atoms with Gasteiger partial charge in [-0.15, -0.1) is 0 Å². The number of aromatic hydroxyl groups is 2. The molecule has 4 saturated carbocycles. The SMILES string of the molecule is CCOC(=O)C(c1ccc(O)cc1)(c1ccc(O)cc1)C(O)C12CC3CC(CC(C3)C1)C2. The van der Waals surface area contributed by atoms with Gasteiger partial charge in [-0.1, -0.05) is 24.3 Å². The van der Waals surface area contributed by atoms with Gasteiger partial charge in [0.15, 0.2) is 0 Å². The summed E-state index contributed by atoms with van der Waals surface area (Å²) in [6.07, 6.45) is 5.51. The van der Waals surface area contributed by atoms with Crippen molar-refractivity contribution in [3.05, 3.63) is 59.7 Å². The van der Waals surface area contributed by atoms with E-state index in [1.54, 1.807) is 55.5 Å². The zero-order chi connectivity index (χ0) is 22.5. The molecule has 32 heavy (non-hydrogen) atoms. The van der Waals surface area contributed by atoms with Crippen LogP contribution in [0, 0.1) is 23.2 Å². The van der Waals surface area contributed by atoms with Gasteiger partial charge >= 0.3 is 5.97 Å². The molecule has 0 heterocycles. The van der Waals surface area contributed by atoms with E-state index < -0.39 is 17.5 Å². The Morgan fingerprint density at radius 3 is 1.69 bits per heavy atom. The van der Waals surface area contributed by atoms with Crippen LogP contribution in [0.5, 0.6) is 11.5 Å². The van der Waals surface area contributed by atoms with Gasteiger partial charge in [0.25, 0.3) is 0 Å². The minimum Gasteiger partial charge on any atom is -0.508 e. The third kappa shape index (κ3) is 3.21. The first-order valence-electron chi connectivity index (χ1n) is 11.8. The molecule has 0 saturated heterocycles. The molecule has 1 unspecified atom stereocenters. The van der Waals surface area contributed by atoms with Gasteiger partial charge in [-0.3, -0.25) is 4.79 Å². The van der Waals surface area contributed by atoms with Crippen LogP contribution in [0.25, 0.3) is 0 Å². The molecule has 4 aliphatic rings. The van der Waals surface area contributed by atoms with Gasteiger partial charge in [-0.25, -0.2) is 0 Å². The highest BCUT2D eigenvalue weighted by molar-refractivity contribution is 5.89. The molecule has 170 valence electrons. The first kappa shape index (κ1) is 21.3. The van der Waals surface area contributed by atoms with Crippen molar-refractivity contribution >= 4 is 5.97 Å². The quantitative estimate of drug-likeness (QED) is 0.580. The number of phenolic OH excluding ortho intramolecular Hbond substituents is 2. The van der Waals surface area contributed by atoms with Crippen molar-refractivity contribution in [1.82, 2.24) is 0 Å². The summed E-state index contributed by atoms with van der Waals surface area (Å²) in [6, 6.07) is 13.1. The topological polar surface area (TPSA) is 87.0 Å². The molecule has 0 spiro atoms. The van der Waals surface area contributed by atoms with Crippen LogP contribution in [-0.4, -0.2) is 34.0 Å². The number of phenols is 2. The molecule has 4 bridgehead atoms. The second kappa shape index (κ2) is 7.80. The zero-order valence-electron chi connectivity index (χ0n) is 18.5. The highest BCUT2D eigenvalue weighted by Gasteiger charge is 2.62. The van der Waals surface area contributed by atoms with Gasteiger partial charge in [0.1, 0.15) is 16.9 Å². The Kier molecular flexibility index (Phi) is 5.20. The van der Waals surface area contributed by atoms with E-state index >= 15 is 0 Å². The summed E-state index contributed by atoms with van der Waals surface area (Å²) in [5.74, 6) is 1.53. The molecule has 0 aromatic heterocycles. The fourth-order valence-electron chi connectivity index (χ4n) is 7.50. The number of ether oxygens (including phenoxy) is 1. The Morgan fingerprint density at radius 2 is 1.31 bits per heavy atom. The number of benzene rings is 2. The molecule has 0 aliphatic heterocycles. The van der Waals surface area contributed by atoms with Crippen LogP contribution in [0.4, 0.5) is 0 Å². The van der Waals surface area contributed by atoms with E-state index in [0.717, 1.165) is 19.3 Å². The fourth-order valence-corrected chi connectivity index (χ4v) is 7.50. The first-order valence-corrected chi connectivity index (χ1v) is 11.8. The third-order valence-electron chi connectivity index (χ3n) is 8.32. The Hall–Kier alpha value is -2.53. The van der Waals surface area contributed by atoms with E-state index in [4.69, 9.17) is 4.74 Å². The number of carbonyl (C=O) groups excluding carboxylic acids is 1. The number of aliphatic hydroxyl groups excluding tert-OH is 1. The highest BCUT2D eigenvalue weighted by Crippen LogP contribution is 2.64. The lowest BCUT2D eigenvalue weighted by Gasteiger charge is -2.60. The molecular weight excluding hydrogens is 404 g/mol. The third-order valence-corrected chi connectivity index (χ3v) is 8.32. The van der Waals surface area contributed by atoms with Crippen LogP contribution in [0.1, 0.15) is 56.6 Å². The van der Waals surface area contributed by atoms with E-state index in [9.17, 15) is 20.1 Å². The van der Waals surface area contributed by atoms with Gasteiger partial charge in [-0.2, -0.15) is 0 Å². The summed E-state index contributed by atoms with van der Waals surface area (Å²) >= 11 is 0. The van der Waals surface area contributed by atoms with Gasteiger partial charge in [-0.05, 0) is 104 Å². The first-order chi connectivity index (χ1) is 15.4. The second-order valence-corrected chi connectivity index (χ2v) is 10.3. The smallest absolute Gasteiger partial charge is 0.323 e. The van der Waals surface area contributed by atoms with E-state index in [0.29, 0.717) is 28.9 Å². The molecule has 5 nitrogen and oxygen atoms in total. The lowest BCUT2D eigenvalue weighted by Crippen LogP contribution is -2.61. The number of carbonyl (C=O) groups is 1. The Morgan fingerprint density at radius 1 is 0.906 bits per heavy atom. The predicted molar refractivity (Wildman–Crippen MR) is 120 cm³/mol. The molecule has 6 rings (SSSR count). The predicted octanol–water partition coefficient (Wildman–Crippen LogP) is 4.52. The number of hydrogen-bond donors (Lipinski definition) is 3. The molecular formula is C27H32O5. The number of aliphatic hydroxyl groups is 1. The van der Waals surface area contributed by atoms with Gasteiger partial charge in [0.05, 0.1) is 12.7 Å². The number of hydrogen-bond acceptors (Lipinski definition) is 5. The maximum atomic E-state index is 13.9. The molecule has 0 radical (unpaired) electrons. The van der Waals surface area contributed by atoms with E-state index in [-0.39, 0.29) is 23.5 Å². The van der Waals surface area contributed by atoms with Crippen molar-refractivity contribution in [2.75, 3.05) is 6.61 Å². The summed E-state index contributed by atoms with van der Waals surface area (Å²) < 4.78 is 5.64. The highest BCUT2D eigenvalue weighted by atomic mass is 16.5. The lowest BCUT2D eigenvalue weighted by molar-refractivity contribution is -0.171. The summed E-state index contributed by atoms with van der Waals surface area (Å²) in [4.78, 5) is 13.9. The van der Waals surface area contributed by atoms with Crippen LogP contribution in [-0.2, 0) is 14.9 Å². The van der Waals surface area contributed by atoms with Crippen LogP contribution in [0.3, 0.4) is 0 Å². The number of rotatable bonds is 6. The largest absolute Gasteiger partial charge is 0.508 e. The van der Waals surface area contributed by atoms with Crippen molar-refractivity contribution in [3.63, 3.8) is 0 Å². The molecule has 3 N–H and O–H groups in total. The molecule has 2 aromatic carbocycles. The van der Waals surface area contributed by atoms with Crippen LogP contribution >= 0.6 is 0 Å². The number of esters is 1. The van der Waals surface area contributed by atoms with Crippen molar-refractivity contribution in [2.24, 2.45) is 23.2 Å². The summed E-state index contributed by atoms with van der Waals surface area (Å²) in [5, 5.41) is 32.2. The standard InChI is InChI=1S/C27H32O5/c1-2-32-25(31)27(20-3-7-22(28)8-4-20,21-5-9-23(29)10-6-21)24(30)26-14-17-11-18(15-26)13-19(12-17)16-26/h3-10,17-19,24,28-30H,2,11-16H2,1H3. The zero-order valence-corrected chi connectivity index (χ0v) is 18.5. The molecule has 5 heteroatoms. The monoisotopic (exact) mass is 436 g/mol. The Bertz CT molecular complexity index is 897. The molecule has 4 aliphatic carbocycles. The molecule has 0 amide bonds. The van der Waals surface area contributed by atoms with Crippen molar-refractivity contribution in [1.29, 1.82) is 0 Å². The minimum absolute atomic E-state index is 0.0986. The maximum absolute atomic E-state index is 13.9. The summed E-state index contributed by atoms with van der Waals surface area (Å²) in [6.45, 7) is 1.97. The van der Waals surface area contributed by atoms with Crippen molar-refractivity contribution < 1.29 is 24.9 Å². The van der Waals surface area contributed by atoms with E-state index in [1.807, 2.05) is 0 Å². The Balaban J connectivity index is 1.72. The van der Waals surface area contributed by atoms with Crippen LogP contribution in [0.15, 0.2) is 48.5 Å². The second-order valence-electron chi connectivity index (χ2n) is 10.3. The van der Waals surface area contributed by atoms with Gasteiger partial charge in [0, 0.05) is 0 Å². The van der Waals surface area contributed by atoms with E-state index in [1.165, 1.54) is 19.3 Å². The van der Waals surface area contributed by atoms with Gasteiger partial charge in [0.2, 0.25) is 0 Å². The molecule has 2 aromatic rings. The summed E-state index contributed by atoms with van der Waals surface area (Å²) in [7, 11) is 0. The summed E-state index contributed by atoms with van der Waals surface area (Å²) in [5.41, 5.74) is -0.592.